The predicted octanol–water partition coefficient (Wildman–Crippen LogP) is 2.12. The highest BCUT2D eigenvalue weighted by atomic mass is 32.2. The van der Waals surface area contributed by atoms with Gasteiger partial charge in [-0.1, -0.05) is 12.1 Å². The molecule has 0 saturated carbocycles. The molecule has 0 amide bonds. The summed E-state index contributed by atoms with van der Waals surface area (Å²) in [5, 5.41) is 2.72. The van der Waals surface area contributed by atoms with Gasteiger partial charge < -0.3 is 5.32 Å². The molecule has 0 spiro atoms. The second-order valence-electron chi connectivity index (χ2n) is 3.18. The van der Waals surface area contributed by atoms with Crippen LogP contribution in [0.15, 0.2) is 29.2 Å². The maximum absolute atomic E-state index is 12.4. The molecule has 17 heavy (non-hydrogen) atoms. The summed E-state index contributed by atoms with van der Waals surface area (Å²) in [4.78, 5) is -0.410. The third-order valence-corrected chi connectivity index (χ3v) is 3.45. The molecule has 0 bridgehead atoms. The smallest absolute Gasteiger partial charge is 0.341 e. The van der Waals surface area contributed by atoms with Gasteiger partial charge in [0.05, 0.1) is 10.6 Å². The number of rotatable bonds is 5. The molecule has 0 aliphatic carbocycles. The lowest BCUT2D eigenvalue weighted by Crippen LogP contribution is -2.14. The van der Waals surface area contributed by atoms with Gasteiger partial charge in [-0.25, -0.2) is 8.42 Å². The van der Waals surface area contributed by atoms with E-state index in [9.17, 15) is 17.2 Å². The van der Waals surface area contributed by atoms with E-state index < -0.39 is 20.5 Å². The van der Waals surface area contributed by atoms with Gasteiger partial charge in [-0.15, -0.1) is 12.3 Å². The Labute approximate surface area is 98.8 Å². The molecule has 0 heterocycles. The number of sulfone groups is 1. The van der Waals surface area contributed by atoms with E-state index in [2.05, 4.69) is 11.2 Å². The van der Waals surface area contributed by atoms with Crippen molar-refractivity contribution in [2.75, 3.05) is 11.9 Å². The Bertz CT molecular complexity index is 521. The molecular formula is C11H11F2NO2S. The van der Waals surface area contributed by atoms with E-state index in [1.54, 1.807) is 6.07 Å². The monoisotopic (exact) mass is 259 g/mol. The number of hydrogen-bond acceptors (Lipinski definition) is 3. The number of alkyl halides is 2. The standard InChI is InChI=1S/C11H11F2NO2S/c1-2-3-8-14-9-6-4-5-7-10(9)17(15,16)11(12)13/h1,4-7,11,14H,3,8H2. The van der Waals surface area contributed by atoms with Crippen LogP contribution in [-0.4, -0.2) is 20.7 Å². The molecule has 1 rings (SSSR count). The van der Waals surface area contributed by atoms with Crippen molar-refractivity contribution in [3.63, 3.8) is 0 Å². The Morgan fingerprint density at radius 3 is 2.59 bits per heavy atom. The second-order valence-corrected chi connectivity index (χ2v) is 5.07. The second kappa shape index (κ2) is 5.64. The fourth-order valence-corrected chi connectivity index (χ4v) is 2.13. The zero-order valence-corrected chi connectivity index (χ0v) is 9.68. The van der Waals surface area contributed by atoms with Crippen molar-refractivity contribution >= 4 is 15.5 Å². The van der Waals surface area contributed by atoms with Crippen molar-refractivity contribution in [2.45, 2.75) is 17.1 Å². The van der Waals surface area contributed by atoms with E-state index in [0.29, 0.717) is 13.0 Å². The highest BCUT2D eigenvalue weighted by Gasteiger charge is 2.28. The van der Waals surface area contributed by atoms with Crippen LogP contribution >= 0.6 is 0 Å². The number of terminal acetylenes is 1. The van der Waals surface area contributed by atoms with Gasteiger partial charge in [0, 0.05) is 13.0 Å². The van der Waals surface area contributed by atoms with Crippen LogP contribution < -0.4 is 5.32 Å². The zero-order chi connectivity index (χ0) is 12.9. The van der Waals surface area contributed by atoms with Gasteiger partial charge >= 0.3 is 5.76 Å². The number of anilines is 1. The van der Waals surface area contributed by atoms with Gasteiger partial charge in [0.1, 0.15) is 0 Å². The summed E-state index contributed by atoms with van der Waals surface area (Å²) >= 11 is 0. The van der Waals surface area contributed by atoms with Crippen LogP contribution in [0.3, 0.4) is 0 Å². The topological polar surface area (TPSA) is 46.2 Å². The molecule has 1 aromatic carbocycles. The Kier molecular flexibility index (Phi) is 4.46. The molecule has 0 aliphatic heterocycles. The first kappa shape index (κ1) is 13.5. The third kappa shape index (κ3) is 3.17. The van der Waals surface area contributed by atoms with Gasteiger partial charge in [-0.3, -0.25) is 0 Å². The fraction of sp³-hybridized carbons (Fsp3) is 0.273. The molecule has 0 aliphatic rings. The van der Waals surface area contributed by atoms with Crippen LogP contribution in [0.4, 0.5) is 14.5 Å². The van der Waals surface area contributed by atoms with Crippen molar-refractivity contribution < 1.29 is 17.2 Å². The summed E-state index contributed by atoms with van der Waals surface area (Å²) in [5.74, 6) is -1.07. The first-order valence-electron chi connectivity index (χ1n) is 4.78. The van der Waals surface area contributed by atoms with E-state index in [-0.39, 0.29) is 5.69 Å². The minimum atomic E-state index is -4.59. The Hall–Kier alpha value is -1.61. The predicted molar refractivity (Wildman–Crippen MR) is 61.6 cm³/mol. The quantitative estimate of drug-likeness (QED) is 0.650. The molecule has 0 atom stereocenters. The Morgan fingerprint density at radius 1 is 1.35 bits per heavy atom. The molecule has 0 fully saturated rings. The van der Waals surface area contributed by atoms with Crippen LogP contribution in [0.5, 0.6) is 0 Å². The summed E-state index contributed by atoms with van der Waals surface area (Å²) in [6.07, 6.45) is 5.41. The number of nitrogens with one attached hydrogen (secondary N) is 1. The first-order valence-corrected chi connectivity index (χ1v) is 6.33. The molecule has 1 aromatic rings. The first-order chi connectivity index (χ1) is 8.00. The minimum Gasteiger partial charge on any atom is -0.383 e. The molecule has 3 nitrogen and oxygen atoms in total. The molecule has 0 saturated heterocycles. The fourth-order valence-electron chi connectivity index (χ4n) is 1.23. The molecular weight excluding hydrogens is 248 g/mol. The van der Waals surface area contributed by atoms with Crippen LogP contribution in [0.1, 0.15) is 6.42 Å². The normalized spacial score (nSPS) is 11.2. The summed E-state index contributed by atoms with van der Waals surface area (Å²) in [6, 6.07) is 5.51. The Morgan fingerprint density at radius 2 is 2.00 bits per heavy atom. The van der Waals surface area contributed by atoms with Crippen molar-refractivity contribution in [3.05, 3.63) is 24.3 Å². The molecule has 92 valence electrons. The van der Waals surface area contributed by atoms with Crippen LogP contribution in [-0.2, 0) is 9.84 Å². The molecule has 0 aromatic heterocycles. The number of para-hydroxylation sites is 1. The zero-order valence-electron chi connectivity index (χ0n) is 8.86. The van der Waals surface area contributed by atoms with Crippen LogP contribution in [0.2, 0.25) is 0 Å². The SMILES string of the molecule is C#CCCNc1ccccc1S(=O)(=O)C(F)F. The highest BCUT2D eigenvalue weighted by Crippen LogP contribution is 2.25. The number of halogens is 2. The largest absolute Gasteiger partial charge is 0.383 e. The maximum Gasteiger partial charge on any atom is 0.341 e. The van der Waals surface area contributed by atoms with Crippen LogP contribution in [0.25, 0.3) is 0 Å². The van der Waals surface area contributed by atoms with Crippen LogP contribution in [0, 0.1) is 12.3 Å². The molecule has 6 heteroatoms. The number of benzene rings is 1. The van der Waals surface area contributed by atoms with Gasteiger partial charge in [-0.05, 0) is 12.1 Å². The van der Waals surface area contributed by atoms with Gasteiger partial charge in [0.2, 0.25) is 9.84 Å². The molecule has 0 radical (unpaired) electrons. The lowest BCUT2D eigenvalue weighted by atomic mass is 10.3. The van der Waals surface area contributed by atoms with Crippen molar-refractivity contribution in [2.24, 2.45) is 0 Å². The molecule has 1 N–H and O–H groups in total. The summed E-state index contributed by atoms with van der Waals surface area (Å²) in [6.45, 7) is 0.326. The average molecular weight is 259 g/mol. The summed E-state index contributed by atoms with van der Waals surface area (Å²) < 4.78 is 47.5. The lowest BCUT2D eigenvalue weighted by Gasteiger charge is -2.10. The third-order valence-electron chi connectivity index (χ3n) is 2.01. The van der Waals surface area contributed by atoms with Crippen molar-refractivity contribution in [3.8, 4) is 12.3 Å². The van der Waals surface area contributed by atoms with Gasteiger partial charge in [-0.2, -0.15) is 8.78 Å². The van der Waals surface area contributed by atoms with E-state index in [1.165, 1.54) is 12.1 Å². The van der Waals surface area contributed by atoms with E-state index in [0.717, 1.165) is 6.07 Å². The Balaban J connectivity index is 3.05. The maximum atomic E-state index is 12.4. The van der Waals surface area contributed by atoms with Gasteiger partial charge in [0.25, 0.3) is 0 Å². The van der Waals surface area contributed by atoms with E-state index in [4.69, 9.17) is 6.42 Å². The lowest BCUT2D eigenvalue weighted by molar-refractivity contribution is 0.235. The van der Waals surface area contributed by atoms with E-state index >= 15 is 0 Å². The number of hydrogen-bond donors (Lipinski definition) is 1. The van der Waals surface area contributed by atoms with Gasteiger partial charge in [0.15, 0.2) is 0 Å². The summed E-state index contributed by atoms with van der Waals surface area (Å²) in [5.41, 5.74) is 0.142. The highest BCUT2D eigenvalue weighted by molar-refractivity contribution is 7.91. The molecule has 0 unspecified atom stereocenters. The summed E-state index contributed by atoms with van der Waals surface area (Å²) in [7, 11) is -4.59. The van der Waals surface area contributed by atoms with Crippen molar-refractivity contribution in [1.82, 2.24) is 0 Å². The minimum absolute atomic E-state index is 0.142. The van der Waals surface area contributed by atoms with E-state index in [1.807, 2.05) is 0 Å². The van der Waals surface area contributed by atoms with Crippen molar-refractivity contribution in [1.29, 1.82) is 0 Å². The average Bonchev–Trinajstić information content (AvgIpc) is 2.29.